The van der Waals surface area contributed by atoms with Crippen molar-refractivity contribution >= 4 is 28.5 Å². The normalized spacial score (nSPS) is 11.4. The van der Waals surface area contributed by atoms with Crippen LogP contribution < -0.4 is 14.9 Å². The standard InChI is InChI=1S/C25H16ClF3O5/c1-2-14-7-9-15(10-8-14)32-22-21(30)18-12-11-16(13-20(18)34-23(22)25(27,28)29)33-24(31)17-5-3-4-6-19(17)26/h3-13H,2H2,1H3. The molecule has 0 aliphatic rings. The summed E-state index contributed by atoms with van der Waals surface area (Å²) in [6.45, 7) is 1.93. The van der Waals surface area contributed by atoms with Crippen LogP contribution in [0.15, 0.2) is 75.9 Å². The summed E-state index contributed by atoms with van der Waals surface area (Å²) in [6, 6.07) is 15.9. The van der Waals surface area contributed by atoms with E-state index in [1.807, 2.05) is 6.92 Å². The molecule has 0 unspecified atom stereocenters. The Kier molecular flexibility index (Phi) is 6.34. The highest BCUT2D eigenvalue weighted by Gasteiger charge is 2.40. The summed E-state index contributed by atoms with van der Waals surface area (Å²) < 4.78 is 56.8. The Bertz CT molecular complexity index is 1430. The molecule has 1 aromatic heterocycles. The molecule has 0 saturated heterocycles. The van der Waals surface area contributed by atoms with Crippen molar-refractivity contribution in [3.8, 4) is 17.2 Å². The minimum atomic E-state index is -5.02. The number of aryl methyl sites for hydroxylation is 1. The molecule has 3 aromatic carbocycles. The molecular weight excluding hydrogens is 473 g/mol. The van der Waals surface area contributed by atoms with E-state index in [0.29, 0.717) is 0 Å². The zero-order chi connectivity index (χ0) is 24.5. The van der Waals surface area contributed by atoms with Gasteiger partial charge in [0.05, 0.1) is 16.0 Å². The van der Waals surface area contributed by atoms with Crippen molar-refractivity contribution in [2.45, 2.75) is 19.5 Å². The molecule has 0 radical (unpaired) electrons. The van der Waals surface area contributed by atoms with Crippen molar-refractivity contribution in [1.82, 2.24) is 0 Å². The fourth-order valence-electron chi connectivity index (χ4n) is 3.20. The summed E-state index contributed by atoms with van der Waals surface area (Å²) in [5.74, 6) is -3.47. The molecule has 1 heterocycles. The SMILES string of the molecule is CCc1ccc(Oc2c(C(F)(F)F)oc3cc(OC(=O)c4ccccc4Cl)ccc3c2=O)cc1. The molecular formula is C25H16ClF3O5. The van der Waals surface area contributed by atoms with Gasteiger partial charge in [-0.25, -0.2) is 4.79 Å². The smallest absolute Gasteiger partial charge is 0.449 e. The van der Waals surface area contributed by atoms with Crippen molar-refractivity contribution in [2.24, 2.45) is 0 Å². The van der Waals surface area contributed by atoms with Gasteiger partial charge in [-0.1, -0.05) is 42.8 Å². The second-order valence-corrected chi connectivity index (χ2v) is 7.62. The molecule has 4 rings (SSSR count). The third-order valence-electron chi connectivity index (χ3n) is 4.94. The predicted molar refractivity (Wildman–Crippen MR) is 120 cm³/mol. The lowest BCUT2D eigenvalue weighted by molar-refractivity contribution is -0.154. The quantitative estimate of drug-likeness (QED) is 0.223. The number of esters is 1. The minimum absolute atomic E-state index is 0.0552. The number of carbonyl (C=O) groups excluding carboxylic acids is 1. The lowest BCUT2D eigenvalue weighted by Gasteiger charge is -2.14. The van der Waals surface area contributed by atoms with Crippen LogP contribution in [0.1, 0.15) is 28.6 Å². The Hall–Kier alpha value is -3.78. The molecule has 0 aliphatic carbocycles. The van der Waals surface area contributed by atoms with Crippen LogP contribution in [0.3, 0.4) is 0 Å². The Morgan fingerprint density at radius 3 is 2.32 bits per heavy atom. The highest BCUT2D eigenvalue weighted by molar-refractivity contribution is 6.33. The molecule has 0 spiro atoms. The molecule has 0 bridgehead atoms. The summed E-state index contributed by atoms with van der Waals surface area (Å²) in [6.07, 6.45) is -4.29. The number of ether oxygens (including phenoxy) is 2. The van der Waals surface area contributed by atoms with E-state index in [1.54, 1.807) is 24.3 Å². The van der Waals surface area contributed by atoms with Crippen molar-refractivity contribution < 1.29 is 31.9 Å². The van der Waals surface area contributed by atoms with Gasteiger partial charge < -0.3 is 13.9 Å². The first-order chi connectivity index (χ1) is 16.2. The maximum atomic E-state index is 13.7. The van der Waals surface area contributed by atoms with Crippen molar-refractivity contribution in [3.05, 3.63) is 98.9 Å². The lowest BCUT2D eigenvalue weighted by atomic mass is 10.1. The van der Waals surface area contributed by atoms with Crippen molar-refractivity contribution in [1.29, 1.82) is 0 Å². The molecule has 0 amide bonds. The van der Waals surface area contributed by atoms with E-state index >= 15 is 0 Å². The third-order valence-corrected chi connectivity index (χ3v) is 5.27. The molecule has 0 atom stereocenters. The van der Waals surface area contributed by atoms with Crippen molar-refractivity contribution in [2.75, 3.05) is 0 Å². The van der Waals surface area contributed by atoms with Gasteiger partial charge in [0.2, 0.25) is 11.2 Å². The first-order valence-corrected chi connectivity index (χ1v) is 10.5. The van der Waals surface area contributed by atoms with E-state index in [4.69, 9.17) is 25.5 Å². The fraction of sp³-hybridized carbons (Fsp3) is 0.120. The first kappa shape index (κ1) is 23.4. The summed E-state index contributed by atoms with van der Waals surface area (Å²) in [5, 5.41) is -0.0290. The number of hydrogen-bond acceptors (Lipinski definition) is 5. The number of benzene rings is 3. The van der Waals surface area contributed by atoms with Crippen LogP contribution in [0.5, 0.6) is 17.2 Å². The van der Waals surface area contributed by atoms with E-state index in [9.17, 15) is 22.8 Å². The molecule has 34 heavy (non-hydrogen) atoms. The van der Waals surface area contributed by atoms with Crippen LogP contribution >= 0.6 is 11.6 Å². The van der Waals surface area contributed by atoms with E-state index in [0.717, 1.165) is 18.1 Å². The minimum Gasteiger partial charge on any atom is -0.449 e. The van der Waals surface area contributed by atoms with Gasteiger partial charge in [0.15, 0.2) is 0 Å². The van der Waals surface area contributed by atoms with E-state index in [-0.39, 0.29) is 27.5 Å². The van der Waals surface area contributed by atoms with E-state index < -0.39 is 34.7 Å². The maximum absolute atomic E-state index is 13.7. The number of alkyl halides is 3. The monoisotopic (exact) mass is 488 g/mol. The van der Waals surface area contributed by atoms with Gasteiger partial charge in [-0.2, -0.15) is 13.2 Å². The van der Waals surface area contributed by atoms with Gasteiger partial charge in [0.1, 0.15) is 17.1 Å². The Labute approximate surface area is 196 Å². The van der Waals surface area contributed by atoms with Gasteiger partial charge in [-0.05, 0) is 48.4 Å². The number of hydrogen-bond donors (Lipinski definition) is 0. The lowest BCUT2D eigenvalue weighted by Crippen LogP contribution is -2.15. The highest BCUT2D eigenvalue weighted by atomic mass is 35.5. The van der Waals surface area contributed by atoms with Crippen LogP contribution in [-0.4, -0.2) is 5.97 Å². The Morgan fingerprint density at radius 1 is 1.00 bits per heavy atom. The zero-order valence-corrected chi connectivity index (χ0v) is 18.4. The summed E-state index contributed by atoms with van der Waals surface area (Å²) in [7, 11) is 0. The van der Waals surface area contributed by atoms with Gasteiger partial charge in [0.25, 0.3) is 5.76 Å². The Balaban J connectivity index is 1.74. The molecule has 4 aromatic rings. The molecule has 9 heteroatoms. The average molecular weight is 489 g/mol. The van der Waals surface area contributed by atoms with Gasteiger partial charge in [0, 0.05) is 6.07 Å². The number of rotatable bonds is 5. The maximum Gasteiger partial charge on any atom is 0.453 e. The van der Waals surface area contributed by atoms with E-state index in [2.05, 4.69) is 0 Å². The van der Waals surface area contributed by atoms with Crippen molar-refractivity contribution in [3.63, 3.8) is 0 Å². The van der Waals surface area contributed by atoms with E-state index in [1.165, 1.54) is 36.4 Å². The second kappa shape index (κ2) is 9.23. The molecule has 5 nitrogen and oxygen atoms in total. The Morgan fingerprint density at radius 2 is 1.68 bits per heavy atom. The van der Waals surface area contributed by atoms with Crippen LogP contribution in [0, 0.1) is 0 Å². The molecule has 0 saturated carbocycles. The predicted octanol–water partition coefficient (Wildman–Crippen LogP) is 7.04. The average Bonchev–Trinajstić information content (AvgIpc) is 2.80. The van der Waals surface area contributed by atoms with Gasteiger partial charge in [-0.15, -0.1) is 0 Å². The number of halogens is 4. The molecule has 0 aliphatic heterocycles. The molecule has 174 valence electrons. The van der Waals surface area contributed by atoms with Crippen LogP contribution in [0.25, 0.3) is 11.0 Å². The first-order valence-electron chi connectivity index (χ1n) is 10.1. The second-order valence-electron chi connectivity index (χ2n) is 7.21. The third kappa shape index (κ3) is 4.77. The zero-order valence-electron chi connectivity index (χ0n) is 17.6. The molecule has 0 fully saturated rings. The van der Waals surface area contributed by atoms with Crippen LogP contribution in [-0.2, 0) is 12.6 Å². The van der Waals surface area contributed by atoms with Gasteiger partial charge >= 0.3 is 12.1 Å². The summed E-state index contributed by atoms with van der Waals surface area (Å²) in [4.78, 5) is 25.3. The fourth-order valence-corrected chi connectivity index (χ4v) is 3.41. The number of fused-ring (bicyclic) bond motifs is 1. The van der Waals surface area contributed by atoms with Crippen LogP contribution in [0.4, 0.5) is 13.2 Å². The summed E-state index contributed by atoms with van der Waals surface area (Å²) in [5.41, 5.74) is -0.417. The molecule has 0 N–H and O–H groups in total. The van der Waals surface area contributed by atoms with Crippen LogP contribution in [0.2, 0.25) is 5.02 Å². The largest absolute Gasteiger partial charge is 0.453 e. The number of carbonyl (C=O) groups is 1. The summed E-state index contributed by atoms with van der Waals surface area (Å²) >= 11 is 5.97. The highest BCUT2D eigenvalue weighted by Crippen LogP contribution is 2.38. The van der Waals surface area contributed by atoms with Gasteiger partial charge in [-0.3, -0.25) is 4.79 Å². The topological polar surface area (TPSA) is 65.7 Å².